The first-order valence-electron chi connectivity index (χ1n) is 3.18. The molecule has 0 unspecified atom stereocenters. The molecule has 0 aliphatic carbocycles. The largest absolute Gasteiger partial charge is 0.377 e. The third-order valence-corrected chi connectivity index (χ3v) is 1.82. The lowest BCUT2D eigenvalue weighted by Crippen LogP contribution is -1.98. The van der Waals surface area contributed by atoms with Gasteiger partial charge in [0.2, 0.25) is 0 Å². The van der Waals surface area contributed by atoms with E-state index in [1.807, 2.05) is 24.3 Å². The zero-order valence-corrected chi connectivity index (χ0v) is 6.77. The van der Waals surface area contributed by atoms with E-state index >= 15 is 0 Å². The minimum absolute atomic E-state index is 0.0465. The molecule has 0 saturated heterocycles. The van der Waals surface area contributed by atoms with Gasteiger partial charge in [-0.3, -0.25) is 5.14 Å². The first-order chi connectivity index (χ1) is 5.36. The van der Waals surface area contributed by atoms with Crippen LogP contribution in [0.2, 0.25) is 0 Å². The number of nitrogens with two attached hydrogens (primary N) is 1. The van der Waals surface area contributed by atoms with E-state index in [-0.39, 0.29) is 6.73 Å². The van der Waals surface area contributed by atoms with E-state index in [1.54, 1.807) is 0 Å². The van der Waals surface area contributed by atoms with Gasteiger partial charge < -0.3 is 10.4 Å². The average molecular weight is 170 g/mol. The molecular formula is C7H10N2OS. The second kappa shape index (κ2) is 4.23. The van der Waals surface area contributed by atoms with Crippen LogP contribution in [0.5, 0.6) is 0 Å². The van der Waals surface area contributed by atoms with Gasteiger partial charge in [0.1, 0.15) is 6.73 Å². The lowest BCUT2D eigenvalue weighted by Gasteiger charge is -2.01. The number of rotatable bonds is 3. The Morgan fingerprint density at radius 2 is 2.00 bits per heavy atom. The van der Waals surface area contributed by atoms with E-state index in [4.69, 9.17) is 10.2 Å². The lowest BCUT2D eigenvalue weighted by atomic mass is 10.3. The molecule has 1 aromatic carbocycles. The van der Waals surface area contributed by atoms with Gasteiger partial charge in [-0.1, -0.05) is 0 Å². The zero-order chi connectivity index (χ0) is 8.10. The zero-order valence-electron chi connectivity index (χ0n) is 5.95. The van der Waals surface area contributed by atoms with Gasteiger partial charge in [0.15, 0.2) is 0 Å². The van der Waals surface area contributed by atoms with Gasteiger partial charge in [-0.15, -0.1) is 0 Å². The van der Waals surface area contributed by atoms with Crippen molar-refractivity contribution in [3.05, 3.63) is 24.3 Å². The van der Waals surface area contributed by atoms with E-state index in [9.17, 15) is 0 Å². The van der Waals surface area contributed by atoms with Crippen LogP contribution in [0, 0.1) is 0 Å². The molecule has 0 aliphatic rings. The number of nitrogens with one attached hydrogen (secondary N) is 1. The molecule has 0 heterocycles. The lowest BCUT2D eigenvalue weighted by molar-refractivity contribution is 0.325. The maximum absolute atomic E-state index is 8.51. The maximum Gasteiger partial charge on any atom is 0.113 e. The number of hydrogen-bond acceptors (Lipinski definition) is 4. The van der Waals surface area contributed by atoms with Gasteiger partial charge in [0, 0.05) is 10.6 Å². The highest BCUT2D eigenvalue weighted by molar-refractivity contribution is 7.97. The summed E-state index contributed by atoms with van der Waals surface area (Å²) in [7, 11) is 0. The molecule has 0 aliphatic heterocycles. The third kappa shape index (κ3) is 2.42. The van der Waals surface area contributed by atoms with Gasteiger partial charge >= 0.3 is 0 Å². The fourth-order valence-electron chi connectivity index (χ4n) is 0.743. The van der Waals surface area contributed by atoms with Crippen molar-refractivity contribution in [3.8, 4) is 0 Å². The van der Waals surface area contributed by atoms with Crippen LogP contribution in [0.4, 0.5) is 5.69 Å². The summed E-state index contributed by atoms with van der Waals surface area (Å²) in [4.78, 5) is 1.01. The minimum atomic E-state index is -0.0465. The van der Waals surface area contributed by atoms with Crippen LogP contribution in [-0.2, 0) is 0 Å². The fourth-order valence-corrected chi connectivity index (χ4v) is 1.04. The maximum atomic E-state index is 8.51. The molecule has 0 aromatic heterocycles. The average Bonchev–Trinajstić information content (AvgIpc) is 2.07. The Bertz CT molecular complexity index is 212. The number of hydrogen-bond donors (Lipinski definition) is 3. The van der Waals surface area contributed by atoms with E-state index < -0.39 is 0 Å². The predicted octanol–water partition coefficient (Wildman–Crippen LogP) is 1.01. The molecule has 0 amide bonds. The van der Waals surface area contributed by atoms with Crippen LogP contribution in [-0.4, -0.2) is 11.8 Å². The van der Waals surface area contributed by atoms with Crippen LogP contribution < -0.4 is 10.5 Å². The van der Waals surface area contributed by atoms with E-state index in [0.29, 0.717) is 0 Å². The highest BCUT2D eigenvalue weighted by atomic mass is 32.2. The molecule has 0 saturated carbocycles. The summed E-state index contributed by atoms with van der Waals surface area (Å²) >= 11 is 1.21. The van der Waals surface area contributed by atoms with Crippen molar-refractivity contribution in [1.29, 1.82) is 0 Å². The molecule has 60 valence electrons. The van der Waals surface area contributed by atoms with Crippen molar-refractivity contribution in [1.82, 2.24) is 0 Å². The second-order valence-electron chi connectivity index (χ2n) is 1.98. The molecule has 4 N–H and O–H groups in total. The van der Waals surface area contributed by atoms with E-state index in [0.717, 1.165) is 10.6 Å². The van der Waals surface area contributed by atoms with Gasteiger partial charge in [-0.25, -0.2) is 0 Å². The van der Waals surface area contributed by atoms with Crippen molar-refractivity contribution in [2.45, 2.75) is 4.90 Å². The first-order valence-corrected chi connectivity index (χ1v) is 4.06. The summed E-state index contributed by atoms with van der Waals surface area (Å²) in [6.45, 7) is -0.0465. The van der Waals surface area contributed by atoms with Gasteiger partial charge in [-0.05, 0) is 36.2 Å². The summed E-state index contributed by atoms with van der Waals surface area (Å²) in [6.07, 6.45) is 0. The molecule has 3 nitrogen and oxygen atoms in total. The Hall–Kier alpha value is -0.710. The standard InChI is InChI=1S/C7H10N2OS/c8-11-7-3-1-6(2-4-7)9-5-10/h1-4,9-10H,5,8H2. The highest BCUT2D eigenvalue weighted by Crippen LogP contribution is 2.14. The Labute approximate surface area is 69.7 Å². The quantitative estimate of drug-likeness (QED) is 0.468. The number of benzene rings is 1. The molecule has 0 atom stereocenters. The molecule has 11 heavy (non-hydrogen) atoms. The highest BCUT2D eigenvalue weighted by Gasteiger charge is 1.90. The van der Waals surface area contributed by atoms with Gasteiger partial charge in [0.05, 0.1) is 0 Å². The third-order valence-electron chi connectivity index (χ3n) is 1.27. The topological polar surface area (TPSA) is 58.3 Å². The Morgan fingerprint density at radius 1 is 1.36 bits per heavy atom. The summed E-state index contributed by atoms with van der Waals surface area (Å²) in [5, 5.41) is 16.6. The number of aliphatic hydroxyl groups excluding tert-OH is 1. The summed E-state index contributed by atoms with van der Waals surface area (Å²) in [5.41, 5.74) is 0.894. The van der Waals surface area contributed by atoms with Crippen molar-refractivity contribution in [3.63, 3.8) is 0 Å². The summed E-state index contributed by atoms with van der Waals surface area (Å²) < 4.78 is 0. The molecule has 1 rings (SSSR count). The molecule has 0 spiro atoms. The van der Waals surface area contributed by atoms with Crippen molar-refractivity contribution in [2.75, 3.05) is 12.0 Å². The summed E-state index contributed by atoms with van der Waals surface area (Å²) in [5.74, 6) is 0. The molecule has 0 fully saturated rings. The monoisotopic (exact) mass is 170 g/mol. The molecule has 1 aromatic rings. The van der Waals surface area contributed by atoms with Crippen LogP contribution >= 0.6 is 11.9 Å². The Morgan fingerprint density at radius 3 is 2.45 bits per heavy atom. The fraction of sp³-hybridized carbons (Fsp3) is 0.143. The van der Waals surface area contributed by atoms with Crippen LogP contribution in [0.1, 0.15) is 0 Å². The Balaban J connectivity index is 2.66. The summed E-state index contributed by atoms with van der Waals surface area (Å²) in [6, 6.07) is 7.52. The van der Waals surface area contributed by atoms with E-state index in [1.165, 1.54) is 11.9 Å². The number of anilines is 1. The smallest absolute Gasteiger partial charge is 0.113 e. The van der Waals surface area contributed by atoms with Crippen molar-refractivity contribution < 1.29 is 5.11 Å². The van der Waals surface area contributed by atoms with E-state index in [2.05, 4.69) is 5.32 Å². The van der Waals surface area contributed by atoms with Crippen LogP contribution in [0.15, 0.2) is 29.2 Å². The first kappa shape index (κ1) is 8.39. The van der Waals surface area contributed by atoms with Crippen molar-refractivity contribution in [2.24, 2.45) is 5.14 Å². The predicted molar refractivity (Wildman–Crippen MR) is 47.2 cm³/mol. The SMILES string of the molecule is NSc1ccc(NCO)cc1. The van der Waals surface area contributed by atoms with Gasteiger partial charge in [0.25, 0.3) is 0 Å². The minimum Gasteiger partial charge on any atom is -0.377 e. The normalized spacial score (nSPS) is 9.64. The van der Waals surface area contributed by atoms with Crippen LogP contribution in [0.25, 0.3) is 0 Å². The molecule has 0 bridgehead atoms. The Kier molecular flexibility index (Phi) is 3.22. The van der Waals surface area contributed by atoms with Crippen LogP contribution in [0.3, 0.4) is 0 Å². The molecule has 4 heteroatoms. The molecular weight excluding hydrogens is 160 g/mol. The molecule has 0 radical (unpaired) electrons. The second-order valence-corrected chi connectivity index (χ2v) is 2.68. The van der Waals surface area contributed by atoms with Gasteiger partial charge in [-0.2, -0.15) is 0 Å². The van der Waals surface area contributed by atoms with Crippen molar-refractivity contribution >= 4 is 17.6 Å². The number of aliphatic hydroxyl groups is 1.